The highest BCUT2D eigenvalue weighted by Gasteiger charge is 2.43. The third-order valence-corrected chi connectivity index (χ3v) is 8.16. The normalized spacial score (nSPS) is 17.7. The van der Waals surface area contributed by atoms with Crippen LogP contribution in [0.25, 0.3) is 0 Å². The maximum atomic E-state index is 13.3. The van der Waals surface area contributed by atoms with Crippen LogP contribution in [-0.2, 0) is 41.5 Å². The van der Waals surface area contributed by atoms with E-state index >= 15 is 0 Å². The highest BCUT2D eigenvalue weighted by Crippen LogP contribution is 2.44. The molecule has 8 nitrogen and oxygen atoms in total. The molecule has 0 unspecified atom stereocenters. The third-order valence-electron chi connectivity index (χ3n) is 5.29. The third kappa shape index (κ3) is 5.21. The summed E-state index contributed by atoms with van der Waals surface area (Å²) in [6.45, 7) is 0. The summed E-state index contributed by atoms with van der Waals surface area (Å²) in [4.78, 5) is 52.7. The second kappa shape index (κ2) is 10.9. The fraction of sp³-hybridized carbons (Fsp3) is 0.167. The number of hydrogen-bond acceptors (Lipinski definition) is 10. The molecule has 0 aliphatic carbocycles. The lowest BCUT2D eigenvalue weighted by Gasteiger charge is -2.15. The molecule has 2 aromatic carbocycles. The highest BCUT2D eigenvalue weighted by molar-refractivity contribution is 8.30. The summed E-state index contributed by atoms with van der Waals surface area (Å²) in [5.41, 5.74) is 2.51. The molecule has 2 aromatic rings. The Morgan fingerprint density at radius 1 is 0.694 bits per heavy atom. The van der Waals surface area contributed by atoms with Crippen molar-refractivity contribution < 1.29 is 28.7 Å². The Morgan fingerprint density at radius 3 is 1.33 bits per heavy atom. The smallest absolute Gasteiger partial charge is 0.309 e. The Balaban J connectivity index is 1.55. The quantitative estimate of drug-likeness (QED) is 0.296. The Bertz CT molecular complexity index is 1220. The number of ether oxygens (including phenoxy) is 2. The zero-order chi connectivity index (χ0) is 26.0. The average molecular weight is 559 g/mol. The molecule has 2 saturated heterocycles. The van der Waals surface area contributed by atoms with Crippen LogP contribution in [0.1, 0.15) is 11.1 Å². The molecule has 4 rings (SSSR count). The van der Waals surface area contributed by atoms with Crippen LogP contribution in [-0.4, -0.2) is 46.6 Å². The first-order valence-electron chi connectivity index (χ1n) is 10.4. The number of amides is 2. The van der Waals surface area contributed by atoms with Crippen LogP contribution >= 0.6 is 48.0 Å². The van der Waals surface area contributed by atoms with Gasteiger partial charge in [-0.05, 0) is 35.4 Å². The van der Waals surface area contributed by atoms with Crippen LogP contribution in [0.2, 0.25) is 0 Å². The van der Waals surface area contributed by atoms with Gasteiger partial charge in [0, 0.05) is 0 Å². The fourth-order valence-electron chi connectivity index (χ4n) is 3.46. The van der Waals surface area contributed by atoms with Crippen molar-refractivity contribution in [3.63, 3.8) is 0 Å². The molecule has 0 saturated carbocycles. The minimum absolute atomic E-state index is 0.112. The molecule has 2 aliphatic heterocycles. The van der Waals surface area contributed by atoms with E-state index in [-0.39, 0.29) is 43.2 Å². The van der Waals surface area contributed by atoms with Crippen LogP contribution in [0, 0.1) is 0 Å². The summed E-state index contributed by atoms with van der Waals surface area (Å²) in [6, 6.07) is 13.6. The lowest BCUT2D eigenvalue weighted by atomic mass is 10.1. The van der Waals surface area contributed by atoms with E-state index in [1.807, 2.05) is 0 Å². The summed E-state index contributed by atoms with van der Waals surface area (Å²) in [6.07, 6.45) is 0.225. The molecule has 184 valence electrons. The maximum Gasteiger partial charge on any atom is 0.309 e. The summed E-state index contributed by atoms with van der Waals surface area (Å²) in [5, 5.41) is 0. The van der Waals surface area contributed by atoms with Crippen molar-refractivity contribution in [1.82, 2.24) is 0 Å². The molecule has 12 heteroatoms. The molecule has 0 spiro atoms. The minimum atomic E-state index is -0.417. The molecule has 0 N–H and O–H groups in total. The van der Waals surface area contributed by atoms with Gasteiger partial charge in [0.05, 0.1) is 48.2 Å². The molecule has 0 radical (unpaired) electrons. The summed E-state index contributed by atoms with van der Waals surface area (Å²) in [7, 11) is 2.64. The molecule has 2 fully saturated rings. The van der Waals surface area contributed by atoms with Gasteiger partial charge in [0.15, 0.2) is 8.64 Å². The van der Waals surface area contributed by atoms with Gasteiger partial charge in [0.1, 0.15) is 0 Å². The van der Waals surface area contributed by atoms with E-state index in [2.05, 4.69) is 9.47 Å². The summed E-state index contributed by atoms with van der Waals surface area (Å²) < 4.78 is 9.92. The highest BCUT2D eigenvalue weighted by atomic mass is 32.2. The molecule has 2 amide bonds. The predicted octanol–water partition coefficient (Wildman–Crippen LogP) is 3.76. The van der Waals surface area contributed by atoms with Gasteiger partial charge in [-0.1, -0.05) is 72.2 Å². The van der Waals surface area contributed by atoms with Gasteiger partial charge >= 0.3 is 11.9 Å². The van der Waals surface area contributed by atoms with Crippen LogP contribution in [0.4, 0.5) is 11.4 Å². The van der Waals surface area contributed by atoms with Gasteiger partial charge in [-0.15, -0.1) is 0 Å². The van der Waals surface area contributed by atoms with Crippen LogP contribution < -0.4 is 9.80 Å². The minimum Gasteiger partial charge on any atom is -0.469 e. The lowest BCUT2D eigenvalue weighted by molar-refractivity contribution is -0.140. The molecule has 0 bridgehead atoms. The molecular weight excluding hydrogens is 541 g/mol. The van der Waals surface area contributed by atoms with Crippen molar-refractivity contribution in [2.24, 2.45) is 0 Å². The molecule has 2 aliphatic rings. The average Bonchev–Trinajstić information content (AvgIpc) is 3.33. The second-order valence-corrected chi connectivity index (χ2v) is 10.8. The number of thioether (sulfide) groups is 2. The topological polar surface area (TPSA) is 93.2 Å². The van der Waals surface area contributed by atoms with Gasteiger partial charge < -0.3 is 9.47 Å². The maximum absolute atomic E-state index is 13.3. The van der Waals surface area contributed by atoms with Crippen LogP contribution in [0.3, 0.4) is 0 Å². The first-order valence-corrected chi connectivity index (χ1v) is 12.9. The Hall–Kier alpha value is -3.06. The van der Waals surface area contributed by atoms with Crippen LogP contribution in [0.5, 0.6) is 0 Å². The zero-order valence-electron chi connectivity index (χ0n) is 19.0. The van der Waals surface area contributed by atoms with Gasteiger partial charge in [-0.2, -0.15) is 0 Å². The molecular formula is C24H18N2O6S4. The Morgan fingerprint density at radius 2 is 1.03 bits per heavy atom. The van der Waals surface area contributed by atoms with Crippen molar-refractivity contribution in [2.45, 2.75) is 12.8 Å². The number of hydrogen-bond donors (Lipinski definition) is 0. The first-order chi connectivity index (χ1) is 17.2. The SMILES string of the molecule is COC(=O)Cc1ccc(N2C(=O)/C(=C3\SC(=S)N(c4ccc(CC(=O)OC)cc4)C3=O)SC2=S)cc1. The largest absolute Gasteiger partial charge is 0.469 e. The van der Waals surface area contributed by atoms with Crippen molar-refractivity contribution in [1.29, 1.82) is 0 Å². The van der Waals surface area contributed by atoms with Gasteiger partial charge in [0.2, 0.25) is 0 Å². The number of benzene rings is 2. The van der Waals surface area contributed by atoms with E-state index in [0.717, 1.165) is 34.7 Å². The van der Waals surface area contributed by atoms with Crippen molar-refractivity contribution in [3.8, 4) is 0 Å². The number of methoxy groups -OCH3 is 2. The predicted molar refractivity (Wildman–Crippen MR) is 147 cm³/mol. The van der Waals surface area contributed by atoms with E-state index in [0.29, 0.717) is 11.4 Å². The van der Waals surface area contributed by atoms with E-state index in [1.54, 1.807) is 48.5 Å². The molecule has 36 heavy (non-hydrogen) atoms. The van der Waals surface area contributed by atoms with E-state index in [1.165, 1.54) is 24.0 Å². The Kier molecular flexibility index (Phi) is 7.88. The number of nitrogens with zero attached hydrogens (tertiary/aromatic N) is 2. The zero-order valence-corrected chi connectivity index (χ0v) is 22.3. The standard InChI is InChI=1S/C24H18N2O6S4/c1-31-17(27)11-13-3-7-15(8-4-13)25-21(29)19(35-23(25)33)20-22(30)26(24(34)36-20)16-9-5-14(6-10-16)12-18(28)32-2/h3-10H,11-12H2,1-2H3/b20-19+. The van der Waals surface area contributed by atoms with Crippen molar-refractivity contribution in [2.75, 3.05) is 24.0 Å². The number of esters is 2. The first kappa shape index (κ1) is 26.0. The fourth-order valence-corrected chi connectivity index (χ4v) is 6.21. The van der Waals surface area contributed by atoms with Crippen molar-refractivity contribution in [3.05, 3.63) is 69.5 Å². The van der Waals surface area contributed by atoms with Gasteiger partial charge in [0.25, 0.3) is 11.8 Å². The Labute approximate surface area is 226 Å². The lowest BCUT2D eigenvalue weighted by Crippen LogP contribution is -2.29. The summed E-state index contributed by atoms with van der Waals surface area (Å²) in [5.74, 6) is -1.57. The molecule has 0 aromatic heterocycles. The number of rotatable bonds is 6. The van der Waals surface area contributed by atoms with E-state index in [9.17, 15) is 19.2 Å². The van der Waals surface area contributed by atoms with E-state index < -0.39 is 11.8 Å². The van der Waals surface area contributed by atoms with Crippen LogP contribution in [0.15, 0.2) is 58.3 Å². The molecule has 0 atom stereocenters. The van der Waals surface area contributed by atoms with Gasteiger partial charge in [-0.25, -0.2) is 0 Å². The molecule has 2 heterocycles. The van der Waals surface area contributed by atoms with Crippen molar-refractivity contribution >= 4 is 91.7 Å². The number of carbonyl (C=O) groups is 4. The second-order valence-electron chi connectivity index (χ2n) is 7.51. The summed E-state index contributed by atoms with van der Waals surface area (Å²) >= 11 is 13.0. The van der Waals surface area contributed by atoms with E-state index in [4.69, 9.17) is 24.4 Å². The number of thiocarbonyl (C=S) groups is 2. The number of carbonyl (C=O) groups excluding carboxylic acids is 4. The monoisotopic (exact) mass is 558 g/mol. The van der Waals surface area contributed by atoms with Gasteiger partial charge in [-0.3, -0.25) is 29.0 Å². The number of anilines is 2.